The summed E-state index contributed by atoms with van der Waals surface area (Å²) in [6, 6.07) is 17.8. The van der Waals surface area contributed by atoms with Crippen molar-refractivity contribution in [3.63, 3.8) is 0 Å². The first kappa shape index (κ1) is 16.6. The number of carbonyl (C=O) groups excluding carboxylic acids is 2. The highest BCUT2D eigenvalue weighted by Gasteiger charge is 2.10. The normalized spacial score (nSPS) is 10.4. The van der Waals surface area contributed by atoms with Gasteiger partial charge in [-0.2, -0.15) is 0 Å². The molecule has 0 bridgehead atoms. The van der Waals surface area contributed by atoms with Crippen LogP contribution in [-0.2, 0) is 4.74 Å². The Kier molecular flexibility index (Phi) is 5.04. The second-order valence-corrected chi connectivity index (χ2v) is 5.56. The molecule has 0 atom stereocenters. The molecule has 5 heteroatoms. The van der Waals surface area contributed by atoms with Gasteiger partial charge in [-0.25, -0.2) is 9.78 Å². The molecule has 0 saturated heterocycles. The Hall–Kier alpha value is -3.21. The van der Waals surface area contributed by atoms with Crippen LogP contribution in [0.25, 0.3) is 10.9 Å². The van der Waals surface area contributed by atoms with Gasteiger partial charge >= 0.3 is 5.97 Å². The number of pyridine rings is 1. The maximum absolute atomic E-state index is 12.4. The van der Waals surface area contributed by atoms with Gasteiger partial charge in [0, 0.05) is 11.1 Å². The van der Waals surface area contributed by atoms with Crippen molar-refractivity contribution in [3.05, 3.63) is 71.9 Å². The van der Waals surface area contributed by atoms with Crippen molar-refractivity contribution >= 4 is 28.5 Å². The number of amides is 1. The Labute approximate surface area is 145 Å². The van der Waals surface area contributed by atoms with E-state index >= 15 is 0 Å². The monoisotopic (exact) mass is 334 g/mol. The van der Waals surface area contributed by atoms with Gasteiger partial charge in [0.25, 0.3) is 5.91 Å². The van der Waals surface area contributed by atoms with Gasteiger partial charge in [-0.05, 0) is 42.8 Å². The molecule has 0 aliphatic carbocycles. The molecule has 0 aliphatic heterocycles. The average Bonchev–Trinajstić information content (AvgIpc) is 2.66. The third-order valence-electron chi connectivity index (χ3n) is 3.65. The highest BCUT2D eigenvalue weighted by Crippen LogP contribution is 2.15. The topological polar surface area (TPSA) is 68.3 Å². The van der Waals surface area contributed by atoms with E-state index in [1.807, 2.05) is 37.3 Å². The summed E-state index contributed by atoms with van der Waals surface area (Å²) in [6.07, 6.45) is 0.776. The van der Waals surface area contributed by atoms with Crippen molar-refractivity contribution in [2.24, 2.45) is 0 Å². The number of ether oxygens (including phenoxy) is 1. The number of rotatable bonds is 5. The Morgan fingerprint density at radius 1 is 1.00 bits per heavy atom. The number of esters is 1. The van der Waals surface area contributed by atoms with Gasteiger partial charge in [0.05, 0.1) is 17.7 Å². The number of hydrogen-bond acceptors (Lipinski definition) is 4. The number of carbonyl (C=O) groups is 2. The largest absolute Gasteiger partial charge is 0.462 e. The Morgan fingerprint density at radius 2 is 1.76 bits per heavy atom. The average molecular weight is 334 g/mol. The van der Waals surface area contributed by atoms with Crippen molar-refractivity contribution in [1.82, 2.24) is 4.98 Å². The molecule has 1 heterocycles. The molecule has 1 N–H and O–H groups in total. The maximum atomic E-state index is 12.4. The first-order valence-electron chi connectivity index (χ1n) is 8.11. The first-order chi connectivity index (χ1) is 12.2. The summed E-state index contributed by atoms with van der Waals surface area (Å²) in [5, 5.41) is 3.76. The van der Waals surface area contributed by atoms with Crippen molar-refractivity contribution in [1.29, 1.82) is 0 Å². The van der Waals surface area contributed by atoms with E-state index in [0.717, 1.165) is 17.3 Å². The number of fused-ring (bicyclic) bond motifs is 1. The van der Waals surface area contributed by atoms with Gasteiger partial charge in [0.15, 0.2) is 0 Å². The van der Waals surface area contributed by atoms with Gasteiger partial charge < -0.3 is 10.1 Å². The maximum Gasteiger partial charge on any atom is 0.338 e. The summed E-state index contributed by atoms with van der Waals surface area (Å²) in [7, 11) is 0. The quantitative estimate of drug-likeness (QED) is 0.715. The number of aromatic nitrogens is 1. The van der Waals surface area contributed by atoms with Crippen molar-refractivity contribution in [2.75, 3.05) is 11.9 Å². The summed E-state index contributed by atoms with van der Waals surface area (Å²) in [4.78, 5) is 28.5. The standard InChI is InChI=1S/C20H18N2O3/c1-2-13-25-20(24)15-7-10-16(11-8-15)21-19(23)18-12-9-14-5-3-4-6-17(14)22-18/h3-12H,2,13H2,1H3,(H,21,23). The van der Waals surface area contributed by atoms with E-state index in [0.29, 0.717) is 23.6 Å². The zero-order valence-electron chi connectivity index (χ0n) is 13.9. The molecule has 2 aromatic carbocycles. The molecule has 0 fully saturated rings. The highest BCUT2D eigenvalue weighted by atomic mass is 16.5. The zero-order valence-corrected chi connectivity index (χ0v) is 13.9. The van der Waals surface area contributed by atoms with Crippen LogP contribution in [0.15, 0.2) is 60.7 Å². The molecule has 3 rings (SSSR count). The molecule has 0 radical (unpaired) electrons. The smallest absolute Gasteiger partial charge is 0.338 e. The predicted octanol–water partition coefficient (Wildman–Crippen LogP) is 4.05. The van der Waals surface area contributed by atoms with Gasteiger partial charge in [-0.15, -0.1) is 0 Å². The van der Waals surface area contributed by atoms with Crippen LogP contribution in [0.5, 0.6) is 0 Å². The van der Waals surface area contributed by atoms with Crippen LogP contribution in [0.3, 0.4) is 0 Å². The number of benzene rings is 2. The lowest BCUT2D eigenvalue weighted by molar-refractivity contribution is 0.0505. The number of nitrogens with one attached hydrogen (secondary N) is 1. The van der Waals surface area contributed by atoms with E-state index in [9.17, 15) is 9.59 Å². The first-order valence-corrected chi connectivity index (χ1v) is 8.11. The van der Waals surface area contributed by atoms with Crippen molar-refractivity contribution in [2.45, 2.75) is 13.3 Å². The lowest BCUT2D eigenvalue weighted by atomic mass is 10.2. The summed E-state index contributed by atoms with van der Waals surface area (Å²) >= 11 is 0. The van der Waals surface area contributed by atoms with Crippen LogP contribution in [0.4, 0.5) is 5.69 Å². The predicted molar refractivity (Wildman–Crippen MR) is 96.7 cm³/mol. The van der Waals surface area contributed by atoms with Crippen molar-refractivity contribution in [3.8, 4) is 0 Å². The Morgan fingerprint density at radius 3 is 2.52 bits per heavy atom. The number of para-hydroxylation sites is 1. The fourth-order valence-corrected chi connectivity index (χ4v) is 2.36. The summed E-state index contributed by atoms with van der Waals surface area (Å²) < 4.78 is 5.07. The zero-order chi connectivity index (χ0) is 17.6. The molecule has 0 unspecified atom stereocenters. The molecular formula is C20H18N2O3. The van der Waals surface area contributed by atoms with Crippen LogP contribution in [-0.4, -0.2) is 23.5 Å². The Balaban J connectivity index is 1.70. The summed E-state index contributed by atoms with van der Waals surface area (Å²) in [5.74, 6) is -0.664. The van der Waals surface area contributed by atoms with Gasteiger partial charge in [-0.3, -0.25) is 4.79 Å². The minimum Gasteiger partial charge on any atom is -0.462 e. The van der Waals surface area contributed by atoms with Crippen LogP contribution >= 0.6 is 0 Å². The van der Waals surface area contributed by atoms with Crippen LogP contribution < -0.4 is 5.32 Å². The minimum absolute atomic E-state index is 0.299. The third kappa shape index (κ3) is 4.01. The second kappa shape index (κ2) is 7.57. The van der Waals surface area contributed by atoms with Crippen molar-refractivity contribution < 1.29 is 14.3 Å². The molecule has 1 amide bonds. The molecule has 126 valence electrons. The van der Waals surface area contributed by atoms with Gasteiger partial charge in [-0.1, -0.05) is 31.2 Å². The molecule has 1 aromatic heterocycles. The van der Waals surface area contributed by atoms with E-state index in [-0.39, 0.29) is 11.9 Å². The van der Waals surface area contributed by atoms with E-state index in [1.165, 1.54) is 0 Å². The number of nitrogens with zero attached hydrogens (tertiary/aromatic N) is 1. The molecule has 0 saturated carbocycles. The molecule has 0 spiro atoms. The van der Waals surface area contributed by atoms with E-state index < -0.39 is 0 Å². The molecule has 0 aliphatic rings. The molecule has 5 nitrogen and oxygen atoms in total. The third-order valence-corrected chi connectivity index (χ3v) is 3.65. The van der Waals surface area contributed by atoms with E-state index in [2.05, 4.69) is 10.3 Å². The molecule has 25 heavy (non-hydrogen) atoms. The SMILES string of the molecule is CCCOC(=O)c1ccc(NC(=O)c2ccc3ccccc3n2)cc1. The highest BCUT2D eigenvalue weighted by molar-refractivity contribution is 6.04. The molecular weight excluding hydrogens is 316 g/mol. The summed E-state index contributed by atoms with van der Waals surface area (Å²) in [6.45, 7) is 2.33. The molecule has 3 aromatic rings. The van der Waals surface area contributed by atoms with Gasteiger partial charge in [0.1, 0.15) is 5.69 Å². The van der Waals surface area contributed by atoms with Crippen LogP contribution in [0.2, 0.25) is 0 Å². The Bertz CT molecular complexity index is 904. The lowest BCUT2D eigenvalue weighted by Gasteiger charge is -2.07. The minimum atomic E-state index is -0.365. The van der Waals surface area contributed by atoms with E-state index in [4.69, 9.17) is 4.74 Å². The lowest BCUT2D eigenvalue weighted by Crippen LogP contribution is -2.14. The summed E-state index contributed by atoms with van der Waals surface area (Å²) in [5.41, 5.74) is 2.15. The second-order valence-electron chi connectivity index (χ2n) is 5.56. The van der Waals surface area contributed by atoms with E-state index in [1.54, 1.807) is 30.3 Å². The van der Waals surface area contributed by atoms with Gasteiger partial charge in [0.2, 0.25) is 0 Å². The number of hydrogen-bond donors (Lipinski definition) is 1. The number of anilines is 1. The van der Waals surface area contributed by atoms with Crippen LogP contribution in [0, 0.1) is 0 Å². The fourth-order valence-electron chi connectivity index (χ4n) is 2.36. The fraction of sp³-hybridized carbons (Fsp3) is 0.150. The van der Waals surface area contributed by atoms with Crippen LogP contribution in [0.1, 0.15) is 34.2 Å².